The molecule has 0 aliphatic heterocycles. The van der Waals surface area contributed by atoms with E-state index in [2.05, 4.69) is 21.2 Å². The molecule has 104 valence electrons. The fourth-order valence-corrected chi connectivity index (χ4v) is 2.39. The smallest absolute Gasteiger partial charge is 0.330 e. The van der Waals surface area contributed by atoms with Crippen LogP contribution in [0.2, 0.25) is 0 Å². The summed E-state index contributed by atoms with van der Waals surface area (Å²) in [5, 5.41) is 12.6. The lowest BCUT2D eigenvalue weighted by Gasteiger charge is -2.19. The minimum Gasteiger partial charge on any atom is -0.479 e. The van der Waals surface area contributed by atoms with Crippen molar-refractivity contribution in [2.24, 2.45) is 0 Å². The fraction of sp³-hybridized carbons (Fsp3) is 0.188. The molecule has 0 fully saturated rings. The number of anilines is 1. The molecule has 0 aliphatic carbocycles. The SMILES string of the molecule is CCc1ccccc1C(Nc1ccc(Br)cc1)C(=O)O. The van der Waals surface area contributed by atoms with Gasteiger partial charge in [0.2, 0.25) is 0 Å². The number of carboxylic acid groups (broad SMARTS) is 1. The molecular formula is C16H16BrNO2. The summed E-state index contributed by atoms with van der Waals surface area (Å²) < 4.78 is 0.962. The summed E-state index contributed by atoms with van der Waals surface area (Å²) >= 11 is 3.36. The summed E-state index contributed by atoms with van der Waals surface area (Å²) in [5.41, 5.74) is 2.64. The van der Waals surface area contributed by atoms with E-state index in [4.69, 9.17) is 0 Å². The molecule has 0 spiro atoms. The van der Waals surface area contributed by atoms with E-state index in [0.717, 1.165) is 27.7 Å². The molecule has 0 saturated heterocycles. The number of carbonyl (C=O) groups is 1. The number of hydrogen-bond acceptors (Lipinski definition) is 2. The lowest BCUT2D eigenvalue weighted by molar-refractivity contribution is -0.138. The molecule has 3 nitrogen and oxygen atoms in total. The van der Waals surface area contributed by atoms with E-state index in [1.165, 1.54) is 0 Å². The van der Waals surface area contributed by atoms with Gasteiger partial charge in [-0.25, -0.2) is 4.79 Å². The zero-order valence-electron chi connectivity index (χ0n) is 11.1. The van der Waals surface area contributed by atoms with Gasteiger partial charge in [0, 0.05) is 10.2 Å². The van der Waals surface area contributed by atoms with Crippen LogP contribution in [0.4, 0.5) is 5.69 Å². The third kappa shape index (κ3) is 3.39. The van der Waals surface area contributed by atoms with Crippen LogP contribution in [0.3, 0.4) is 0 Å². The zero-order valence-corrected chi connectivity index (χ0v) is 12.7. The zero-order chi connectivity index (χ0) is 14.5. The second-order valence-electron chi connectivity index (χ2n) is 4.47. The lowest BCUT2D eigenvalue weighted by Crippen LogP contribution is -2.21. The largest absolute Gasteiger partial charge is 0.479 e. The Hall–Kier alpha value is -1.81. The lowest BCUT2D eigenvalue weighted by atomic mass is 9.98. The van der Waals surface area contributed by atoms with Gasteiger partial charge in [-0.1, -0.05) is 47.1 Å². The number of rotatable bonds is 5. The molecule has 0 radical (unpaired) electrons. The van der Waals surface area contributed by atoms with Crippen LogP contribution < -0.4 is 5.32 Å². The maximum absolute atomic E-state index is 11.6. The van der Waals surface area contributed by atoms with E-state index in [9.17, 15) is 9.90 Å². The number of benzene rings is 2. The van der Waals surface area contributed by atoms with E-state index in [0.29, 0.717) is 0 Å². The van der Waals surface area contributed by atoms with Crippen molar-refractivity contribution in [2.45, 2.75) is 19.4 Å². The molecule has 20 heavy (non-hydrogen) atoms. The van der Waals surface area contributed by atoms with Crippen LogP contribution in [-0.2, 0) is 11.2 Å². The highest BCUT2D eigenvalue weighted by Crippen LogP contribution is 2.24. The van der Waals surface area contributed by atoms with Gasteiger partial charge in [-0.2, -0.15) is 0 Å². The first kappa shape index (κ1) is 14.6. The Morgan fingerprint density at radius 2 is 1.85 bits per heavy atom. The number of hydrogen-bond donors (Lipinski definition) is 2. The van der Waals surface area contributed by atoms with Gasteiger partial charge in [-0.15, -0.1) is 0 Å². The first-order chi connectivity index (χ1) is 9.61. The third-order valence-corrected chi connectivity index (χ3v) is 3.68. The summed E-state index contributed by atoms with van der Waals surface area (Å²) in [6.45, 7) is 2.03. The normalized spacial score (nSPS) is 11.9. The first-order valence-electron chi connectivity index (χ1n) is 6.44. The van der Waals surface area contributed by atoms with E-state index >= 15 is 0 Å². The molecule has 4 heteroatoms. The Morgan fingerprint density at radius 3 is 2.45 bits per heavy atom. The van der Waals surface area contributed by atoms with Crippen molar-refractivity contribution in [3.63, 3.8) is 0 Å². The Kier molecular flexibility index (Phi) is 4.79. The quantitative estimate of drug-likeness (QED) is 0.859. The van der Waals surface area contributed by atoms with Crippen LogP contribution >= 0.6 is 15.9 Å². The van der Waals surface area contributed by atoms with Gasteiger partial charge in [0.15, 0.2) is 6.04 Å². The average molecular weight is 334 g/mol. The van der Waals surface area contributed by atoms with E-state index < -0.39 is 12.0 Å². The highest BCUT2D eigenvalue weighted by molar-refractivity contribution is 9.10. The van der Waals surface area contributed by atoms with Gasteiger partial charge < -0.3 is 10.4 Å². The summed E-state index contributed by atoms with van der Waals surface area (Å²) in [7, 11) is 0. The average Bonchev–Trinajstić information content (AvgIpc) is 2.46. The molecule has 2 rings (SSSR count). The summed E-state index contributed by atoms with van der Waals surface area (Å²) in [5.74, 6) is -0.881. The number of halogens is 1. The summed E-state index contributed by atoms with van der Waals surface area (Å²) in [6.07, 6.45) is 0.808. The summed E-state index contributed by atoms with van der Waals surface area (Å²) in [6, 6.07) is 14.4. The Morgan fingerprint density at radius 1 is 1.20 bits per heavy atom. The van der Waals surface area contributed by atoms with Crippen LogP contribution in [0.25, 0.3) is 0 Å². The van der Waals surface area contributed by atoms with Crippen LogP contribution in [0, 0.1) is 0 Å². The Bertz CT molecular complexity index is 596. The van der Waals surface area contributed by atoms with Crippen LogP contribution in [0.1, 0.15) is 24.1 Å². The minimum atomic E-state index is -0.881. The van der Waals surface area contributed by atoms with Gasteiger partial charge in [0.05, 0.1) is 0 Å². The predicted octanol–water partition coefficient (Wildman–Crippen LogP) is 4.25. The molecular weight excluding hydrogens is 318 g/mol. The molecule has 2 aromatic carbocycles. The monoisotopic (exact) mass is 333 g/mol. The van der Waals surface area contributed by atoms with Crippen molar-refractivity contribution in [3.05, 3.63) is 64.1 Å². The molecule has 1 atom stereocenters. The molecule has 0 heterocycles. The van der Waals surface area contributed by atoms with Crippen LogP contribution in [-0.4, -0.2) is 11.1 Å². The Labute approximate surface area is 126 Å². The molecule has 0 bridgehead atoms. The van der Waals surface area contributed by atoms with Gasteiger partial charge in [0.25, 0.3) is 0 Å². The minimum absolute atomic E-state index is 0.743. The highest BCUT2D eigenvalue weighted by atomic mass is 79.9. The maximum atomic E-state index is 11.6. The van der Waals surface area contributed by atoms with Crippen molar-refractivity contribution >= 4 is 27.6 Å². The first-order valence-corrected chi connectivity index (χ1v) is 7.24. The molecule has 0 aliphatic rings. The number of nitrogens with one attached hydrogen (secondary N) is 1. The van der Waals surface area contributed by atoms with Crippen molar-refractivity contribution in [3.8, 4) is 0 Å². The van der Waals surface area contributed by atoms with Gasteiger partial charge >= 0.3 is 5.97 Å². The second kappa shape index (κ2) is 6.57. The van der Waals surface area contributed by atoms with Crippen molar-refractivity contribution in [2.75, 3.05) is 5.32 Å². The number of carboxylic acids is 1. The third-order valence-electron chi connectivity index (χ3n) is 3.15. The molecule has 0 aromatic heterocycles. The molecule has 0 saturated carbocycles. The highest BCUT2D eigenvalue weighted by Gasteiger charge is 2.21. The van der Waals surface area contributed by atoms with Gasteiger partial charge in [-0.05, 0) is 41.8 Å². The van der Waals surface area contributed by atoms with E-state index in [1.807, 2.05) is 55.5 Å². The molecule has 2 N–H and O–H groups in total. The maximum Gasteiger partial charge on any atom is 0.330 e. The summed E-state index contributed by atoms with van der Waals surface area (Å²) in [4.78, 5) is 11.6. The van der Waals surface area contributed by atoms with Gasteiger partial charge in [0.1, 0.15) is 0 Å². The van der Waals surface area contributed by atoms with Crippen LogP contribution in [0.5, 0.6) is 0 Å². The van der Waals surface area contributed by atoms with Crippen molar-refractivity contribution in [1.29, 1.82) is 0 Å². The van der Waals surface area contributed by atoms with E-state index in [-0.39, 0.29) is 0 Å². The van der Waals surface area contributed by atoms with Gasteiger partial charge in [-0.3, -0.25) is 0 Å². The predicted molar refractivity (Wildman–Crippen MR) is 84.0 cm³/mol. The number of aryl methyl sites for hydroxylation is 1. The number of aliphatic carboxylic acids is 1. The van der Waals surface area contributed by atoms with E-state index in [1.54, 1.807) is 0 Å². The second-order valence-corrected chi connectivity index (χ2v) is 5.39. The topological polar surface area (TPSA) is 49.3 Å². The molecule has 0 amide bonds. The standard InChI is InChI=1S/C16H16BrNO2/c1-2-11-5-3-4-6-14(11)15(16(19)20)18-13-9-7-12(17)8-10-13/h3-10,15,18H,2H2,1H3,(H,19,20). The fourth-order valence-electron chi connectivity index (χ4n) is 2.12. The molecule has 1 unspecified atom stereocenters. The molecule has 2 aromatic rings. The van der Waals surface area contributed by atoms with Crippen molar-refractivity contribution in [1.82, 2.24) is 0 Å². The Balaban J connectivity index is 2.32. The van der Waals surface area contributed by atoms with Crippen LogP contribution in [0.15, 0.2) is 53.0 Å². The van der Waals surface area contributed by atoms with Crippen molar-refractivity contribution < 1.29 is 9.90 Å².